The van der Waals surface area contributed by atoms with E-state index in [9.17, 15) is 9.59 Å². The standard InChI is InChI=1S/C19H22N2O4/c1-14-6-8-15(9-7-14)18(22)21-17(13-16-5-3-12-25-16)19(23)20-10-4-11-24-2/h3,5-9,12-13H,4,10-11H2,1-2H3,(H,20,23)(H,21,22)/b17-13-. The van der Waals surface area contributed by atoms with E-state index in [2.05, 4.69) is 10.6 Å². The molecule has 1 aromatic heterocycles. The first kappa shape index (κ1) is 18.5. The number of hydrogen-bond donors (Lipinski definition) is 2. The minimum atomic E-state index is -0.382. The molecule has 2 aromatic rings. The monoisotopic (exact) mass is 342 g/mol. The largest absolute Gasteiger partial charge is 0.465 e. The molecule has 2 N–H and O–H groups in total. The zero-order valence-electron chi connectivity index (χ0n) is 14.4. The van der Waals surface area contributed by atoms with Gasteiger partial charge in [0, 0.05) is 31.9 Å². The molecule has 0 unspecified atom stereocenters. The van der Waals surface area contributed by atoms with Crippen molar-refractivity contribution in [3.8, 4) is 0 Å². The molecule has 0 saturated carbocycles. The molecule has 25 heavy (non-hydrogen) atoms. The van der Waals surface area contributed by atoms with Gasteiger partial charge in [-0.2, -0.15) is 0 Å². The van der Waals surface area contributed by atoms with Crippen LogP contribution in [0.5, 0.6) is 0 Å². The van der Waals surface area contributed by atoms with Gasteiger partial charge in [-0.15, -0.1) is 0 Å². The smallest absolute Gasteiger partial charge is 0.267 e. The van der Waals surface area contributed by atoms with Crippen molar-refractivity contribution in [2.24, 2.45) is 0 Å². The highest BCUT2D eigenvalue weighted by molar-refractivity contribution is 6.05. The third-order valence-corrected chi connectivity index (χ3v) is 3.45. The number of carbonyl (C=O) groups is 2. The van der Waals surface area contributed by atoms with Crippen LogP contribution in [0.25, 0.3) is 6.08 Å². The van der Waals surface area contributed by atoms with Gasteiger partial charge < -0.3 is 19.8 Å². The van der Waals surface area contributed by atoms with Crippen molar-refractivity contribution < 1.29 is 18.7 Å². The average molecular weight is 342 g/mol. The molecule has 1 heterocycles. The first-order valence-electron chi connectivity index (χ1n) is 8.00. The van der Waals surface area contributed by atoms with Gasteiger partial charge in [-0.1, -0.05) is 17.7 Å². The number of methoxy groups -OCH3 is 1. The topological polar surface area (TPSA) is 80.6 Å². The molecular formula is C19H22N2O4. The molecule has 2 rings (SSSR count). The molecule has 0 radical (unpaired) electrons. The summed E-state index contributed by atoms with van der Waals surface area (Å²) in [5, 5.41) is 5.40. The maximum absolute atomic E-state index is 12.4. The van der Waals surface area contributed by atoms with Crippen molar-refractivity contribution >= 4 is 17.9 Å². The molecule has 0 fully saturated rings. The van der Waals surface area contributed by atoms with Crippen LogP contribution in [0.15, 0.2) is 52.8 Å². The lowest BCUT2D eigenvalue weighted by atomic mass is 10.1. The summed E-state index contributed by atoms with van der Waals surface area (Å²) >= 11 is 0. The predicted molar refractivity (Wildman–Crippen MR) is 94.8 cm³/mol. The zero-order chi connectivity index (χ0) is 18.1. The number of ether oxygens (including phenoxy) is 1. The minimum absolute atomic E-state index is 0.123. The zero-order valence-corrected chi connectivity index (χ0v) is 14.4. The first-order chi connectivity index (χ1) is 12.1. The van der Waals surface area contributed by atoms with E-state index < -0.39 is 0 Å². The van der Waals surface area contributed by atoms with Gasteiger partial charge >= 0.3 is 0 Å². The number of amides is 2. The lowest BCUT2D eigenvalue weighted by molar-refractivity contribution is -0.117. The molecule has 2 amide bonds. The van der Waals surface area contributed by atoms with Crippen LogP contribution in [0.1, 0.15) is 28.1 Å². The molecule has 0 atom stereocenters. The van der Waals surface area contributed by atoms with Crippen LogP contribution in [0.3, 0.4) is 0 Å². The van der Waals surface area contributed by atoms with E-state index >= 15 is 0 Å². The van der Waals surface area contributed by atoms with Gasteiger partial charge in [0.15, 0.2) is 0 Å². The summed E-state index contributed by atoms with van der Waals surface area (Å²) in [6, 6.07) is 10.5. The Morgan fingerprint density at radius 2 is 1.96 bits per heavy atom. The lowest BCUT2D eigenvalue weighted by Gasteiger charge is -2.11. The summed E-state index contributed by atoms with van der Waals surface area (Å²) in [5.74, 6) is -0.260. The number of aryl methyl sites for hydroxylation is 1. The van der Waals surface area contributed by atoms with Gasteiger partial charge in [-0.25, -0.2) is 0 Å². The molecule has 6 nitrogen and oxygen atoms in total. The summed E-state index contributed by atoms with van der Waals surface area (Å²) < 4.78 is 10.2. The van der Waals surface area contributed by atoms with Gasteiger partial charge in [0.25, 0.3) is 11.8 Å². The fourth-order valence-electron chi connectivity index (χ4n) is 2.09. The van der Waals surface area contributed by atoms with Crippen molar-refractivity contribution in [2.75, 3.05) is 20.3 Å². The maximum atomic E-state index is 12.4. The average Bonchev–Trinajstić information content (AvgIpc) is 3.11. The third kappa shape index (κ3) is 5.93. The summed E-state index contributed by atoms with van der Waals surface area (Å²) in [7, 11) is 1.60. The summed E-state index contributed by atoms with van der Waals surface area (Å²) in [4.78, 5) is 24.8. The van der Waals surface area contributed by atoms with E-state index in [-0.39, 0.29) is 17.5 Å². The molecule has 0 spiro atoms. The Balaban J connectivity index is 2.10. The highest BCUT2D eigenvalue weighted by Crippen LogP contribution is 2.08. The highest BCUT2D eigenvalue weighted by atomic mass is 16.5. The van der Waals surface area contributed by atoms with E-state index in [0.29, 0.717) is 30.9 Å². The summed E-state index contributed by atoms with van der Waals surface area (Å²) in [6.07, 6.45) is 3.68. The number of furan rings is 1. The van der Waals surface area contributed by atoms with E-state index in [1.165, 1.54) is 12.3 Å². The fourth-order valence-corrected chi connectivity index (χ4v) is 2.09. The molecule has 0 aliphatic heterocycles. The van der Waals surface area contributed by atoms with Crippen molar-refractivity contribution in [2.45, 2.75) is 13.3 Å². The van der Waals surface area contributed by atoms with Crippen LogP contribution in [-0.4, -0.2) is 32.1 Å². The number of hydrogen-bond acceptors (Lipinski definition) is 4. The van der Waals surface area contributed by atoms with Gasteiger partial charge in [0.2, 0.25) is 0 Å². The summed E-state index contributed by atoms with van der Waals surface area (Å²) in [6.45, 7) is 2.94. The third-order valence-electron chi connectivity index (χ3n) is 3.45. The van der Waals surface area contributed by atoms with Crippen LogP contribution < -0.4 is 10.6 Å². The minimum Gasteiger partial charge on any atom is -0.465 e. The van der Waals surface area contributed by atoms with Gasteiger partial charge in [-0.05, 0) is 37.6 Å². The Bertz CT molecular complexity index is 718. The highest BCUT2D eigenvalue weighted by Gasteiger charge is 2.15. The van der Waals surface area contributed by atoms with Gasteiger partial charge in [0.05, 0.1) is 6.26 Å². The Labute approximate surface area is 146 Å². The van der Waals surface area contributed by atoms with Crippen molar-refractivity contribution in [1.82, 2.24) is 10.6 Å². The molecular weight excluding hydrogens is 320 g/mol. The molecule has 6 heteroatoms. The number of rotatable bonds is 8. The van der Waals surface area contributed by atoms with E-state index in [4.69, 9.17) is 9.15 Å². The normalized spacial score (nSPS) is 11.2. The number of benzene rings is 1. The lowest BCUT2D eigenvalue weighted by Crippen LogP contribution is -2.35. The maximum Gasteiger partial charge on any atom is 0.267 e. The van der Waals surface area contributed by atoms with Crippen LogP contribution in [0.2, 0.25) is 0 Å². The molecule has 0 bridgehead atoms. The Hall–Kier alpha value is -2.86. The quantitative estimate of drug-likeness (QED) is 0.571. The van der Waals surface area contributed by atoms with Gasteiger partial charge in [-0.3, -0.25) is 9.59 Å². The molecule has 0 aliphatic rings. The Morgan fingerprint density at radius 3 is 2.60 bits per heavy atom. The van der Waals surface area contributed by atoms with E-state index in [0.717, 1.165) is 5.56 Å². The second-order valence-electron chi connectivity index (χ2n) is 5.50. The van der Waals surface area contributed by atoms with Crippen LogP contribution >= 0.6 is 0 Å². The Morgan fingerprint density at radius 1 is 1.20 bits per heavy atom. The number of carbonyl (C=O) groups excluding carboxylic acids is 2. The first-order valence-corrected chi connectivity index (χ1v) is 8.00. The Kier molecular flexibility index (Phi) is 6.98. The molecule has 1 aromatic carbocycles. The van der Waals surface area contributed by atoms with E-state index in [1.54, 1.807) is 31.4 Å². The summed E-state index contributed by atoms with van der Waals surface area (Å²) in [5.41, 5.74) is 1.65. The van der Waals surface area contributed by atoms with E-state index in [1.807, 2.05) is 19.1 Å². The van der Waals surface area contributed by atoms with Gasteiger partial charge in [0.1, 0.15) is 11.5 Å². The molecule has 132 valence electrons. The fraction of sp³-hybridized carbons (Fsp3) is 0.263. The van der Waals surface area contributed by atoms with Crippen LogP contribution in [0.4, 0.5) is 0 Å². The van der Waals surface area contributed by atoms with Crippen molar-refractivity contribution in [1.29, 1.82) is 0 Å². The molecule has 0 saturated heterocycles. The van der Waals surface area contributed by atoms with Crippen LogP contribution in [0, 0.1) is 6.92 Å². The van der Waals surface area contributed by atoms with Crippen molar-refractivity contribution in [3.05, 3.63) is 65.2 Å². The predicted octanol–water partition coefficient (Wildman–Crippen LogP) is 2.51. The number of nitrogens with one attached hydrogen (secondary N) is 2. The second-order valence-corrected chi connectivity index (χ2v) is 5.50. The van der Waals surface area contributed by atoms with Crippen molar-refractivity contribution in [3.63, 3.8) is 0 Å². The second kappa shape index (κ2) is 9.44. The molecule has 0 aliphatic carbocycles. The SMILES string of the molecule is COCCCNC(=O)/C(=C/c1ccco1)NC(=O)c1ccc(C)cc1. The van der Waals surface area contributed by atoms with Crippen LogP contribution in [-0.2, 0) is 9.53 Å².